The van der Waals surface area contributed by atoms with Crippen LogP contribution in [-0.2, 0) is 4.79 Å². The van der Waals surface area contributed by atoms with Crippen LogP contribution >= 0.6 is 11.6 Å². The summed E-state index contributed by atoms with van der Waals surface area (Å²) in [7, 11) is 0. The van der Waals surface area contributed by atoms with E-state index < -0.39 is 0 Å². The second-order valence-electron chi connectivity index (χ2n) is 5.58. The smallest absolute Gasteiger partial charge is 0.225 e. The zero-order valence-corrected chi connectivity index (χ0v) is 12.5. The molecule has 1 aliphatic heterocycles. The quantitative estimate of drug-likeness (QED) is 0.839. The fourth-order valence-electron chi connectivity index (χ4n) is 2.66. The van der Waals surface area contributed by atoms with E-state index in [1.165, 1.54) is 0 Å². The van der Waals surface area contributed by atoms with Gasteiger partial charge in [0.2, 0.25) is 5.91 Å². The van der Waals surface area contributed by atoms with E-state index >= 15 is 0 Å². The number of anilines is 1. The third-order valence-corrected chi connectivity index (χ3v) is 4.26. The van der Waals surface area contributed by atoms with Crippen molar-refractivity contribution >= 4 is 23.3 Å². The average molecular weight is 305 g/mol. The summed E-state index contributed by atoms with van der Waals surface area (Å²) in [6.07, 6.45) is 4.54. The Morgan fingerprint density at radius 2 is 2.14 bits per heavy atom. The number of nitrogens with zero attached hydrogens (tertiary/aromatic N) is 4. The first-order valence-corrected chi connectivity index (χ1v) is 7.66. The molecule has 3 rings (SSSR count). The number of pyridine rings is 1. The number of aromatic nitrogens is 1. The lowest BCUT2D eigenvalue weighted by Gasteiger charge is -2.23. The van der Waals surface area contributed by atoms with E-state index in [0.29, 0.717) is 28.9 Å². The SMILES string of the molecule is N#Cc1cnc(N2CCCN(C(=O)C3CC3)CC2)c(Cl)c1. The van der Waals surface area contributed by atoms with E-state index in [2.05, 4.69) is 9.88 Å². The van der Waals surface area contributed by atoms with Crippen LogP contribution in [0.5, 0.6) is 0 Å². The molecule has 6 heteroatoms. The molecule has 1 aromatic rings. The normalized spacial score (nSPS) is 19.0. The van der Waals surface area contributed by atoms with Crippen molar-refractivity contribution in [3.8, 4) is 6.07 Å². The molecule has 21 heavy (non-hydrogen) atoms. The van der Waals surface area contributed by atoms with Crippen molar-refractivity contribution in [2.24, 2.45) is 5.92 Å². The molecule has 0 aromatic carbocycles. The Hall–Kier alpha value is -1.80. The maximum atomic E-state index is 12.1. The number of amides is 1. The molecular weight excluding hydrogens is 288 g/mol. The Kier molecular flexibility index (Phi) is 3.98. The highest BCUT2D eigenvalue weighted by atomic mass is 35.5. The fraction of sp³-hybridized carbons (Fsp3) is 0.533. The number of carbonyl (C=O) groups excluding carboxylic acids is 1. The molecule has 1 aliphatic carbocycles. The molecular formula is C15H17ClN4O. The average Bonchev–Trinajstić information content (AvgIpc) is 3.33. The van der Waals surface area contributed by atoms with Gasteiger partial charge in [-0.2, -0.15) is 5.26 Å². The largest absolute Gasteiger partial charge is 0.354 e. The van der Waals surface area contributed by atoms with Gasteiger partial charge in [0.25, 0.3) is 0 Å². The molecule has 0 atom stereocenters. The van der Waals surface area contributed by atoms with E-state index in [-0.39, 0.29) is 5.92 Å². The summed E-state index contributed by atoms with van der Waals surface area (Å²) >= 11 is 6.22. The minimum absolute atomic E-state index is 0.271. The summed E-state index contributed by atoms with van der Waals surface area (Å²) in [5.41, 5.74) is 0.462. The van der Waals surface area contributed by atoms with Crippen LogP contribution in [0.4, 0.5) is 5.82 Å². The molecule has 2 fully saturated rings. The Morgan fingerprint density at radius 3 is 2.81 bits per heavy atom. The predicted molar refractivity (Wildman–Crippen MR) is 80.1 cm³/mol. The van der Waals surface area contributed by atoms with Crippen LogP contribution < -0.4 is 4.90 Å². The second-order valence-corrected chi connectivity index (χ2v) is 5.99. The van der Waals surface area contributed by atoms with Gasteiger partial charge in [-0.25, -0.2) is 4.98 Å². The van der Waals surface area contributed by atoms with Gasteiger partial charge in [0.05, 0.1) is 10.6 Å². The molecule has 0 unspecified atom stereocenters. The second kappa shape index (κ2) is 5.90. The van der Waals surface area contributed by atoms with Crippen molar-refractivity contribution in [1.82, 2.24) is 9.88 Å². The van der Waals surface area contributed by atoms with E-state index in [0.717, 1.165) is 38.9 Å². The first kappa shape index (κ1) is 14.2. The summed E-state index contributed by atoms with van der Waals surface area (Å²) in [4.78, 5) is 20.5. The fourth-order valence-corrected chi connectivity index (χ4v) is 2.95. The van der Waals surface area contributed by atoms with Crippen molar-refractivity contribution in [1.29, 1.82) is 5.26 Å². The molecule has 1 saturated heterocycles. The van der Waals surface area contributed by atoms with E-state index in [1.54, 1.807) is 12.3 Å². The van der Waals surface area contributed by atoms with Crippen molar-refractivity contribution in [2.45, 2.75) is 19.3 Å². The number of carbonyl (C=O) groups is 1. The summed E-state index contributed by atoms with van der Waals surface area (Å²) in [6.45, 7) is 3.08. The molecule has 0 spiro atoms. The van der Waals surface area contributed by atoms with E-state index in [1.807, 2.05) is 11.0 Å². The number of halogens is 1. The van der Waals surface area contributed by atoms with Crippen LogP contribution in [0.15, 0.2) is 12.3 Å². The minimum Gasteiger partial charge on any atom is -0.354 e. The van der Waals surface area contributed by atoms with Gasteiger partial charge in [-0.3, -0.25) is 4.79 Å². The molecule has 1 saturated carbocycles. The molecule has 0 bridgehead atoms. The first-order valence-electron chi connectivity index (χ1n) is 7.28. The van der Waals surface area contributed by atoms with Crippen molar-refractivity contribution in [3.63, 3.8) is 0 Å². The highest BCUT2D eigenvalue weighted by Gasteiger charge is 2.34. The number of hydrogen-bond acceptors (Lipinski definition) is 4. The third kappa shape index (κ3) is 3.11. The van der Waals surface area contributed by atoms with Crippen LogP contribution in [0.2, 0.25) is 5.02 Å². The lowest BCUT2D eigenvalue weighted by molar-refractivity contribution is -0.132. The highest BCUT2D eigenvalue weighted by Crippen LogP contribution is 2.31. The highest BCUT2D eigenvalue weighted by molar-refractivity contribution is 6.33. The monoisotopic (exact) mass is 304 g/mol. The summed E-state index contributed by atoms with van der Waals surface area (Å²) in [5.74, 6) is 1.28. The van der Waals surface area contributed by atoms with Gasteiger partial charge >= 0.3 is 0 Å². The molecule has 0 radical (unpaired) electrons. The number of nitriles is 1. The first-order chi connectivity index (χ1) is 10.2. The molecule has 5 nitrogen and oxygen atoms in total. The van der Waals surface area contributed by atoms with Crippen LogP contribution in [0.3, 0.4) is 0 Å². The predicted octanol–water partition coefficient (Wildman–Crippen LogP) is 2.06. The number of hydrogen-bond donors (Lipinski definition) is 0. The Labute approximate surface area is 129 Å². The Bertz CT molecular complexity index is 594. The van der Waals surface area contributed by atoms with Crippen LogP contribution in [-0.4, -0.2) is 42.0 Å². The van der Waals surface area contributed by atoms with Gasteiger partial charge in [0.1, 0.15) is 11.9 Å². The molecule has 1 aromatic heterocycles. The molecule has 0 N–H and O–H groups in total. The lowest BCUT2D eigenvalue weighted by atomic mass is 10.3. The maximum Gasteiger partial charge on any atom is 0.225 e. The Balaban J connectivity index is 1.70. The maximum absolute atomic E-state index is 12.1. The van der Waals surface area contributed by atoms with Crippen molar-refractivity contribution < 1.29 is 4.79 Å². The van der Waals surface area contributed by atoms with Crippen LogP contribution in [0.25, 0.3) is 0 Å². The molecule has 1 amide bonds. The van der Waals surface area contributed by atoms with Gasteiger partial charge in [0.15, 0.2) is 0 Å². The molecule has 110 valence electrons. The third-order valence-electron chi connectivity index (χ3n) is 3.98. The molecule has 2 aliphatic rings. The van der Waals surface area contributed by atoms with Crippen molar-refractivity contribution in [2.75, 3.05) is 31.1 Å². The topological polar surface area (TPSA) is 60.2 Å². The summed E-state index contributed by atoms with van der Waals surface area (Å²) in [6, 6.07) is 3.67. The van der Waals surface area contributed by atoms with Gasteiger partial charge in [-0.05, 0) is 25.3 Å². The van der Waals surface area contributed by atoms with Crippen molar-refractivity contribution in [3.05, 3.63) is 22.8 Å². The van der Waals surface area contributed by atoms with Gasteiger partial charge in [0, 0.05) is 38.3 Å². The summed E-state index contributed by atoms with van der Waals surface area (Å²) in [5, 5.41) is 9.35. The number of rotatable bonds is 2. The zero-order valence-electron chi connectivity index (χ0n) is 11.8. The Morgan fingerprint density at radius 1 is 1.33 bits per heavy atom. The molecule has 2 heterocycles. The minimum atomic E-state index is 0.271. The van der Waals surface area contributed by atoms with E-state index in [4.69, 9.17) is 16.9 Å². The lowest BCUT2D eigenvalue weighted by Crippen LogP contribution is -2.36. The van der Waals surface area contributed by atoms with Gasteiger partial charge < -0.3 is 9.80 Å². The zero-order chi connectivity index (χ0) is 14.8. The van der Waals surface area contributed by atoms with Gasteiger partial charge in [-0.1, -0.05) is 11.6 Å². The standard InChI is InChI=1S/C15H17ClN4O/c16-13-8-11(9-17)10-18-14(13)19-4-1-5-20(7-6-19)15(21)12-2-3-12/h8,10,12H,1-7H2. The van der Waals surface area contributed by atoms with Crippen LogP contribution in [0, 0.1) is 17.2 Å². The van der Waals surface area contributed by atoms with Crippen LogP contribution in [0.1, 0.15) is 24.8 Å². The summed E-state index contributed by atoms with van der Waals surface area (Å²) < 4.78 is 0. The van der Waals surface area contributed by atoms with E-state index in [9.17, 15) is 4.79 Å². The van der Waals surface area contributed by atoms with Gasteiger partial charge in [-0.15, -0.1) is 0 Å².